The van der Waals surface area contributed by atoms with Crippen LogP contribution >= 0.6 is 0 Å². The van der Waals surface area contributed by atoms with Crippen LogP contribution in [-0.2, 0) is 43.1 Å². The Balaban J connectivity index is 5.23. The lowest BCUT2D eigenvalue weighted by Crippen LogP contribution is -2.57. The number of nitrogens with one attached hydrogen (secondary N) is 5. The second-order valence-electron chi connectivity index (χ2n) is 10.6. The molecule has 0 aliphatic heterocycles. The summed E-state index contributed by atoms with van der Waals surface area (Å²) < 4.78 is 4.68. The smallest absolute Gasteiger partial charge is 0.328 e. The molecule has 0 fully saturated rings. The van der Waals surface area contributed by atoms with E-state index in [0.29, 0.717) is 6.29 Å². The number of carboxylic acids is 1. The van der Waals surface area contributed by atoms with Gasteiger partial charge in [0.2, 0.25) is 17.7 Å². The van der Waals surface area contributed by atoms with Gasteiger partial charge in [0, 0.05) is 19.0 Å². The molecule has 0 spiro atoms. The molecule has 0 aliphatic rings. The molecule has 0 rings (SSSR count). The van der Waals surface area contributed by atoms with Crippen molar-refractivity contribution in [3.63, 3.8) is 0 Å². The van der Waals surface area contributed by atoms with Gasteiger partial charge in [0.1, 0.15) is 42.7 Å². The Morgan fingerprint density at radius 2 is 1.35 bits per heavy atom. The highest BCUT2D eigenvalue weighted by Gasteiger charge is 2.36. The fourth-order valence-electron chi connectivity index (χ4n) is 3.75. The van der Waals surface area contributed by atoms with Crippen molar-refractivity contribution in [2.75, 3.05) is 20.2 Å². The number of amides is 4. The van der Waals surface area contributed by atoms with Crippen molar-refractivity contribution in [3.8, 4) is 0 Å². The summed E-state index contributed by atoms with van der Waals surface area (Å²) in [6, 6.07) is -4.51. The van der Waals surface area contributed by atoms with Crippen LogP contribution < -0.4 is 26.6 Å². The lowest BCUT2D eigenvalue weighted by Gasteiger charge is -2.24. The van der Waals surface area contributed by atoms with Gasteiger partial charge >= 0.3 is 11.9 Å². The number of unbranched alkanes of at least 4 members (excludes halogenated alkanes) is 1. The van der Waals surface area contributed by atoms with Gasteiger partial charge in [-0.3, -0.25) is 28.8 Å². The molecule has 19 nitrogen and oxygen atoms in total. The second-order valence-corrected chi connectivity index (χ2v) is 10.6. The summed E-state index contributed by atoms with van der Waals surface area (Å²) in [5.74, 6) is -7.08. The number of aliphatic carboxylic acids is 1. The maximum absolute atomic E-state index is 12.9. The predicted octanol–water partition coefficient (Wildman–Crippen LogP) is -5.01. The zero-order chi connectivity index (χ0) is 35.6. The average Bonchev–Trinajstić information content (AvgIpc) is 2.99. The maximum atomic E-state index is 12.9. The number of hydrogen-bond acceptors (Lipinski definition) is 14. The molecule has 0 aromatic heterocycles. The standard InChI is InChI=1S/C27H45N5O14/c1-13(2)29-12-18(35)30-17(11-19(36)37)25(43)31-15(8-10-33)24(42)32-16(27(45)46-4)7-5-6-9-28-26(44)23(41)22(40)21(39)20(38)14(3)34/h10,13,15-17,20-23,29,38-41H,5-9,11-12H2,1-4H3,(H,28,44)(H,30,35)(H,31,43)(H,32,42)(H,36,37)/t15-,16-,17-,20?,21?,22?,23?/m0/s1. The minimum absolute atomic E-state index is 0.0642. The van der Waals surface area contributed by atoms with E-state index in [9.17, 15) is 58.8 Å². The molecule has 0 saturated carbocycles. The van der Waals surface area contributed by atoms with E-state index in [1.807, 2.05) is 0 Å². The molecular weight excluding hydrogens is 618 g/mol. The number of ketones is 1. The Bertz CT molecular complexity index is 1070. The third-order valence-electron chi connectivity index (χ3n) is 6.37. The van der Waals surface area contributed by atoms with E-state index in [2.05, 4.69) is 31.3 Å². The van der Waals surface area contributed by atoms with Crippen molar-refractivity contribution in [1.29, 1.82) is 0 Å². The molecule has 0 bridgehead atoms. The SMILES string of the molecule is COC(=O)[C@H](CCCCNC(=O)C(O)C(O)C(O)C(O)C(C)=O)NC(=O)[C@H](CC=O)NC(=O)[C@H](CC(=O)O)NC(=O)CNC(C)C. The number of methoxy groups -OCH3 is 1. The zero-order valence-corrected chi connectivity index (χ0v) is 26.1. The number of aliphatic hydroxyl groups excluding tert-OH is 4. The number of carbonyl (C=O) groups excluding carboxylic acids is 7. The van der Waals surface area contributed by atoms with E-state index < -0.39 is 96.7 Å². The topological polar surface area (TPSA) is 307 Å². The first-order valence-electron chi connectivity index (χ1n) is 14.3. The normalized spacial score (nSPS) is 15.6. The highest BCUT2D eigenvalue weighted by atomic mass is 16.5. The molecule has 0 saturated heterocycles. The van der Waals surface area contributed by atoms with Gasteiger partial charge in [-0.2, -0.15) is 0 Å². The summed E-state index contributed by atoms with van der Waals surface area (Å²) in [6.45, 7) is 4.12. The van der Waals surface area contributed by atoms with Gasteiger partial charge in [0.05, 0.1) is 20.1 Å². The Morgan fingerprint density at radius 1 is 0.783 bits per heavy atom. The molecule has 46 heavy (non-hydrogen) atoms. The molecule has 4 unspecified atom stereocenters. The number of ether oxygens (including phenoxy) is 1. The summed E-state index contributed by atoms with van der Waals surface area (Å²) in [6.07, 6.45) is -9.32. The van der Waals surface area contributed by atoms with Gasteiger partial charge in [-0.1, -0.05) is 13.8 Å². The molecule has 19 heteroatoms. The molecule has 10 N–H and O–H groups in total. The molecule has 0 aromatic carbocycles. The third kappa shape index (κ3) is 15.8. The Hall–Kier alpha value is -4.04. The largest absolute Gasteiger partial charge is 0.481 e. The van der Waals surface area contributed by atoms with Crippen molar-refractivity contribution >= 4 is 47.6 Å². The molecule has 0 aliphatic carbocycles. The van der Waals surface area contributed by atoms with Gasteiger partial charge in [-0.25, -0.2) is 4.79 Å². The molecule has 7 atom stereocenters. The summed E-state index contributed by atoms with van der Waals surface area (Å²) in [7, 11) is 1.05. The van der Waals surface area contributed by atoms with E-state index in [1.54, 1.807) is 13.8 Å². The van der Waals surface area contributed by atoms with Gasteiger partial charge in [0.25, 0.3) is 5.91 Å². The van der Waals surface area contributed by atoms with Gasteiger partial charge < -0.3 is 61.6 Å². The molecule has 0 heterocycles. The first-order valence-corrected chi connectivity index (χ1v) is 14.3. The Morgan fingerprint density at radius 3 is 1.87 bits per heavy atom. The quantitative estimate of drug-likeness (QED) is 0.0278. The third-order valence-corrected chi connectivity index (χ3v) is 6.37. The molecule has 4 amide bonds. The number of aldehydes is 1. The molecule has 0 radical (unpaired) electrons. The number of carboxylic acid groups (broad SMARTS) is 1. The van der Waals surface area contributed by atoms with Crippen molar-refractivity contribution in [1.82, 2.24) is 26.6 Å². The Kier molecular flexibility index (Phi) is 19.8. The molecule has 262 valence electrons. The first-order chi connectivity index (χ1) is 21.5. The van der Waals surface area contributed by atoms with E-state index in [-0.39, 0.29) is 38.4 Å². The number of hydrogen-bond donors (Lipinski definition) is 10. The van der Waals surface area contributed by atoms with Crippen molar-refractivity contribution < 1.29 is 68.6 Å². The number of carbonyl (C=O) groups is 8. The van der Waals surface area contributed by atoms with Gasteiger partial charge in [0.15, 0.2) is 11.9 Å². The summed E-state index contributed by atoms with van der Waals surface area (Å²) >= 11 is 0. The maximum Gasteiger partial charge on any atom is 0.328 e. The second kappa shape index (κ2) is 21.7. The van der Waals surface area contributed by atoms with Crippen LogP contribution in [0.5, 0.6) is 0 Å². The van der Waals surface area contributed by atoms with E-state index in [4.69, 9.17) is 5.11 Å². The highest BCUT2D eigenvalue weighted by Crippen LogP contribution is 2.08. The number of aliphatic hydroxyl groups is 4. The number of Topliss-reactive ketones (excluding diaryl/α,β-unsaturated/α-hetero) is 1. The average molecular weight is 664 g/mol. The van der Waals surface area contributed by atoms with Crippen LogP contribution in [0.25, 0.3) is 0 Å². The lowest BCUT2D eigenvalue weighted by atomic mass is 10.0. The number of esters is 1. The summed E-state index contributed by atoms with van der Waals surface area (Å²) in [5, 5.41) is 60.0. The highest BCUT2D eigenvalue weighted by molar-refractivity contribution is 5.96. The minimum Gasteiger partial charge on any atom is -0.481 e. The Labute approximate surface area is 264 Å². The van der Waals surface area contributed by atoms with E-state index in [0.717, 1.165) is 14.0 Å². The monoisotopic (exact) mass is 663 g/mol. The van der Waals surface area contributed by atoms with Crippen molar-refractivity contribution in [2.24, 2.45) is 0 Å². The predicted molar refractivity (Wildman–Crippen MR) is 155 cm³/mol. The van der Waals surface area contributed by atoms with Crippen LogP contribution in [0.1, 0.15) is 52.9 Å². The van der Waals surface area contributed by atoms with Crippen molar-refractivity contribution in [2.45, 2.75) is 101 Å². The fraction of sp³-hybridized carbons (Fsp3) is 0.704. The summed E-state index contributed by atoms with van der Waals surface area (Å²) in [4.78, 5) is 95.9. The first kappa shape index (κ1) is 42.0. The van der Waals surface area contributed by atoms with Crippen LogP contribution in [0, 0.1) is 0 Å². The lowest BCUT2D eigenvalue weighted by molar-refractivity contribution is -0.153. The van der Waals surface area contributed by atoms with Crippen LogP contribution in [0.2, 0.25) is 0 Å². The van der Waals surface area contributed by atoms with Crippen molar-refractivity contribution in [3.05, 3.63) is 0 Å². The van der Waals surface area contributed by atoms with Gasteiger partial charge in [-0.05, 0) is 26.2 Å². The van der Waals surface area contributed by atoms with Gasteiger partial charge in [-0.15, -0.1) is 0 Å². The number of rotatable bonds is 23. The van der Waals surface area contributed by atoms with Crippen LogP contribution in [0.4, 0.5) is 0 Å². The van der Waals surface area contributed by atoms with Crippen LogP contribution in [0.15, 0.2) is 0 Å². The molecule has 0 aromatic rings. The fourth-order valence-corrected chi connectivity index (χ4v) is 3.75. The van der Waals surface area contributed by atoms with E-state index in [1.165, 1.54) is 0 Å². The van der Waals surface area contributed by atoms with E-state index >= 15 is 0 Å². The minimum atomic E-state index is -2.18. The zero-order valence-electron chi connectivity index (χ0n) is 26.1. The van der Waals surface area contributed by atoms with Crippen LogP contribution in [-0.4, -0.2) is 142 Å². The summed E-state index contributed by atoms with van der Waals surface area (Å²) in [5.41, 5.74) is 0. The van der Waals surface area contributed by atoms with Crippen LogP contribution in [0.3, 0.4) is 0 Å². The molecular formula is C27H45N5O14.